The molecule has 0 fully saturated rings. The Morgan fingerprint density at radius 2 is 1.67 bits per heavy atom. The number of rotatable bonds is 6. The van der Waals surface area contributed by atoms with Crippen LogP contribution in [0.2, 0.25) is 0 Å². The number of halogens is 1. The van der Waals surface area contributed by atoms with E-state index in [1.165, 1.54) is 24.3 Å². The number of non-ortho nitro benzene ring substituents is 1. The summed E-state index contributed by atoms with van der Waals surface area (Å²) in [5, 5.41) is 10.7. The third-order valence-electron chi connectivity index (χ3n) is 4.23. The normalized spacial score (nSPS) is 10.7. The van der Waals surface area contributed by atoms with Crippen LogP contribution in [0.15, 0.2) is 72.8 Å². The van der Waals surface area contributed by atoms with Gasteiger partial charge in [-0.3, -0.25) is 14.9 Å². The molecule has 0 N–H and O–H groups in total. The highest BCUT2D eigenvalue weighted by Crippen LogP contribution is 2.23. The summed E-state index contributed by atoms with van der Waals surface area (Å²) in [6.45, 7) is 1.94. The average molecular weight is 405 g/mol. The van der Waals surface area contributed by atoms with Crippen molar-refractivity contribution >= 4 is 23.5 Å². The Labute approximate surface area is 171 Å². The van der Waals surface area contributed by atoms with Crippen LogP contribution in [-0.4, -0.2) is 16.7 Å². The number of allylic oxidation sites excluding steroid dienone is 1. The smallest absolute Gasteiger partial charge is 0.343 e. The van der Waals surface area contributed by atoms with E-state index in [1.807, 2.05) is 31.2 Å². The lowest BCUT2D eigenvalue weighted by atomic mass is 10.1. The van der Waals surface area contributed by atoms with E-state index < -0.39 is 22.5 Å². The zero-order valence-electron chi connectivity index (χ0n) is 15.9. The van der Waals surface area contributed by atoms with Gasteiger partial charge in [-0.25, -0.2) is 9.18 Å². The summed E-state index contributed by atoms with van der Waals surface area (Å²) < 4.78 is 19.0. The number of ketones is 1. The number of hydrogen-bond acceptors (Lipinski definition) is 5. The second-order valence-electron chi connectivity index (χ2n) is 6.44. The number of esters is 1. The lowest BCUT2D eigenvalue weighted by molar-refractivity contribution is -0.384. The number of nitro groups is 1. The summed E-state index contributed by atoms with van der Waals surface area (Å²) >= 11 is 0. The van der Waals surface area contributed by atoms with Crippen LogP contribution in [0.4, 0.5) is 10.1 Å². The van der Waals surface area contributed by atoms with E-state index in [9.17, 15) is 24.1 Å². The summed E-state index contributed by atoms with van der Waals surface area (Å²) in [5.41, 5.74) is 1.62. The van der Waals surface area contributed by atoms with E-state index in [0.717, 1.165) is 35.4 Å². The summed E-state index contributed by atoms with van der Waals surface area (Å²) in [6.07, 6.45) is 2.84. The number of carbonyl (C=O) groups excluding carboxylic acids is 2. The molecule has 0 unspecified atom stereocenters. The minimum Gasteiger partial charge on any atom is -0.422 e. The molecule has 0 aliphatic rings. The van der Waals surface area contributed by atoms with Crippen molar-refractivity contribution in [3.05, 3.63) is 111 Å². The average Bonchev–Trinajstić information content (AvgIpc) is 2.74. The van der Waals surface area contributed by atoms with Gasteiger partial charge in [-0.05, 0) is 48.9 Å². The highest BCUT2D eigenvalue weighted by Gasteiger charge is 2.17. The first-order valence-electron chi connectivity index (χ1n) is 8.89. The fraction of sp³-hybridized carbons (Fsp3) is 0.0435. The van der Waals surface area contributed by atoms with Gasteiger partial charge in [0, 0.05) is 12.1 Å². The van der Waals surface area contributed by atoms with Crippen LogP contribution in [-0.2, 0) is 0 Å². The van der Waals surface area contributed by atoms with Crippen molar-refractivity contribution in [2.75, 3.05) is 0 Å². The molecule has 0 heterocycles. The maximum Gasteiger partial charge on any atom is 0.343 e. The molecule has 3 rings (SSSR count). The van der Waals surface area contributed by atoms with Crippen molar-refractivity contribution in [1.82, 2.24) is 0 Å². The molecule has 0 saturated carbocycles. The first kappa shape index (κ1) is 20.6. The minimum atomic E-state index is -0.826. The van der Waals surface area contributed by atoms with E-state index >= 15 is 0 Å². The summed E-state index contributed by atoms with van der Waals surface area (Å²) in [6, 6.07) is 15.5. The molecule has 3 aromatic rings. The molecule has 0 spiro atoms. The maximum atomic E-state index is 13.7. The molecule has 0 aliphatic carbocycles. The van der Waals surface area contributed by atoms with E-state index in [-0.39, 0.29) is 22.6 Å². The fourth-order valence-corrected chi connectivity index (χ4v) is 2.60. The van der Waals surface area contributed by atoms with Crippen molar-refractivity contribution in [3.63, 3.8) is 0 Å². The predicted molar refractivity (Wildman–Crippen MR) is 109 cm³/mol. The molecule has 0 radical (unpaired) electrons. The Kier molecular flexibility index (Phi) is 6.12. The van der Waals surface area contributed by atoms with E-state index in [2.05, 4.69) is 0 Å². The summed E-state index contributed by atoms with van der Waals surface area (Å²) in [7, 11) is 0. The quantitative estimate of drug-likeness (QED) is 0.141. The molecule has 0 aromatic heterocycles. The fourth-order valence-electron chi connectivity index (χ4n) is 2.60. The number of aryl methyl sites for hydroxylation is 1. The van der Waals surface area contributed by atoms with Gasteiger partial charge < -0.3 is 4.74 Å². The topological polar surface area (TPSA) is 86.5 Å². The standard InChI is InChI=1S/C23H16FNO5/c1-15-2-4-16(5-3-15)6-12-21(26)20-14-18(24)9-13-22(20)30-23(27)17-7-10-19(11-8-17)25(28)29/h2-14H,1H3/b12-6+. The molecule has 30 heavy (non-hydrogen) atoms. The van der Waals surface area contributed by atoms with E-state index in [0.29, 0.717) is 0 Å². The van der Waals surface area contributed by atoms with Crippen LogP contribution in [0.5, 0.6) is 5.75 Å². The highest BCUT2D eigenvalue weighted by atomic mass is 19.1. The Morgan fingerprint density at radius 1 is 1.00 bits per heavy atom. The number of nitrogens with zero attached hydrogens (tertiary/aromatic N) is 1. The third-order valence-corrected chi connectivity index (χ3v) is 4.23. The number of hydrogen-bond donors (Lipinski definition) is 0. The zero-order valence-corrected chi connectivity index (χ0v) is 15.9. The van der Waals surface area contributed by atoms with Crippen LogP contribution in [0.3, 0.4) is 0 Å². The molecule has 0 amide bonds. The largest absolute Gasteiger partial charge is 0.422 e. The Hall–Kier alpha value is -4.13. The van der Waals surface area contributed by atoms with Crippen molar-refractivity contribution in [1.29, 1.82) is 0 Å². The molecule has 0 aliphatic heterocycles. The first-order valence-corrected chi connectivity index (χ1v) is 8.89. The molecular formula is C23H16FNO5. The van der Waals surface area contributed by atoms with Gasteiger partial charge in [-0.15, -0.1) is 0 Å². The van der Waals surface area contributed by atoms with E-state index in [4.69, 9.17) is 4.74 Å². The Bertz CT molecular complexity index is 1140. The number of benzene rings is 3. The molecule has 0 saturated heterocycles. The van der Waals surface area contributed by atoms with Crippen molar-refractivity contribution < 1.29 is 23.6 Å². The van der Waals surface area contributed by atoms with Crippen molar-refractivity contribution in [3.8, 4) is 5.75 Å². The van der Waals surface area contributed by atoms with Crippen LogP contribution in [0, 0.1) is 22.9 Å². The van der Waals surface area contributed by atoms with Gasteiger partial charge in [-0.1, -0.05) is 35.9 Å². The number of nitro benzene ring substituents is 1. The Balaban J connectivity index is 1.82. The molecule has 150 valence electrons. The second kappa shape index (κ2) is 8.91. The zero-order chi connectivity index (χ0) is 21.7. The number of carbonyl (C=O) groups is 2. The molecule has 0 bridgehead atoms. The summed E-state index contributed by atoms with van der Waals surface area (Å²) in [4.78, 5) is 35.1. The van der Waals surface area contributed by atoms with Crippen LogP contribution < -0.4 is 4.74 Å². The molecular weight excluding hydrogens is 389 g/mol. The van der Waals surface area contributed by atoms with Gasteiger partial charge in [0.25, 0.3) is 5.69 Å². The third kappa shape index (κ3) is 5.02. The first-order chi connectivity index (χ1) is 14.3. The monoisotopic (exact) mass is 405 g/mol. The van der Waals surface area contributed by atoms with Crippen LogP contribution in [0.1, 0.15) is 31.8 Å². The lowest BCUT2D eigenvalue weighted by Gasteiger charge is -2.08. The Morgan fingerprint density at radius 3 is 2.30 bits per heavy atom. The van der Waals surface area contributed by atoms with E-state index in [1.54, 1.807) is 6.08 Å². The van der Waals surface area contributed by atoms with Crippen molar-refractivity contribution in [2.45, 2.75) is 6.92 Å². The summed E-state index contributed by atoms with van der Waals surface area (Å²) in [5.74, 6) is -2.13. The molecule has 6 nitrogen and oxygen atoms in total. The predicted octanol–water partition coefficient (Wildman–Crippen LogP) is 5.16. The van der Waals surface area contributed by atoms with Crippen LogP contribution in [0.25, 0.3) is 6.08 Å². The van der Waals surface area contributed by atoms with Crippen molar-refractivity contribution in [2.24, 2.45) is 0 Å². The second-order valence-corrected chi connectivity index (χ2v) is 6.44. The van der Waals surface area contributed by atoms with Crippen LogP contribution >= 0.6 is 0 Å². The SMILES string of the molecule is Cc1ccc(/C=C/C(=O)c2cc(F)ccc2OC(=O)c2ccc([N+](=O)[O-])cc2)cc1. The van der Waals surface area contributed by atoms with Gasteiger partial charge in [0.15, 0.2) is 5.78 Å². The van der Waals surface area contributed by atoms with Gasteiger partial charge in [0.2, 0.25) is 0 Å². The minimum absolute atomic E-state index is 0.0542. The van der Waals surface area contributed by atoms with Gasteiger partial charge in [-0.2, -0.15) is 0 Å². The molecule has 7 heteroatoms. The van der Waals surface area contributed by atoms with Gasteiger partial charge in [0.05, 0.1) is 16.1 Å². The van der Waals surface area contributed by atoms with Gasteiger partial charge >= 0.3 is 5.97 Å². The highest BCUT2D eigenvalue weighted by molar-refractivity contribution is 6.09. The number of ether oxygens (including phenoxy) is 1. The van der Waals surface area contributed by atoms with Gasteiger partial charge in [0.1, 0.15) is 11.6 Å². The maximum absolute atomic E-state index is 13.7. The molecule has 0 atom stereocenters. The molecule has 3 aromatic carbocycles. The lowest BCUT2D eigenvalue weighted by Crippen LogP contribution is -2.11.